The minimum atomic E-state index is 0.152. The molecule has 1 heterocycles. The molecule has 0 aromatic heterocycles. The first-order chi connectivity index (χ1) is 9.10. The Morgan fingerprint density at radius 2 is 2.37 bits per heavy atom. The van der Waals surface area contributed by atoms with Crippen molar-refractivity contribution < 1.29 is 9.53 Å². The lowest BCUT2D eigenvalue weighted by Crippen LogP contribution is -2.31. The van der Waals surface area contributed by atoms with E-state index in [1.165, 1.54) is 0 Å². The Morgan fingerprint density at radius 3 is 2.95 bits per heavy atom. The summed E-state index contributed by atoms with van der Waals surface area (Å²) in [7, 11) is 1.64. The topological polar surface area (TPSA) is 55.6 Å². The number of hydrogen-bond donors (Lipinski definition) is 1. The lowest BCUT2D eigenvalue weighted by atomic mass is 10.1. The van der Waals surface area contributed by atoms with Crippen LogP contribution in [0.1, 0.15) is 18.4 Å². The van der Waals surface area contributed by atoms with Crippen molar-refractivity contribution in [2.45, 2.75) is 25.3 Å². The molecule has 1 amide bonds. The minimum Gasteiger partial charge on any atom is -0.496 e. The van der Waals surface area contributed by atoms with Crippen LogP contribution in [0.3, 0.4) is 0 Å². The van der Waals surface area contributed by atoms with Crippen molar-refractivity contribution in [1.29, 1.82) is 0 Å². The maximum atomic E-state index is 12.0. The SMILES string of the molecule is COc1ccc(CCC(=O)N2CC[C@@H](N)C2)cc1Br. The van der Waals surface area contributed by atoms with Crippen molar-refractivity contribution in [2.75, 3.05) is 20.2 Å². The molecule has 0 aliphatic carbocycles. The van der Waals surface area contributed by atoms with Crippen LogP contribution in [-0.4, -0.2) is 37.0 Å². The molecule has 0 radical (unpaired) electrons. The monoisotopic (exact) mass is 326 g/mol. The number of carbonyl (C=O) groups is 1. The average molecular weight is 327 g/mol. The zero-order valence-electron chi connectivity index (χ0n) is 11.1. The first kappa shape index (κ1) is 14.3. The van der Waals surface area contributed by atoms with Gasteiger partial charge in [0, 0.05) is 25.6 Å². The number of nitrogens with zero attached hydrogens (tertiary/aromatic N) is 1. The van der Waals surface area contributed by atoms with E-state index in [1.54, 1.807) is 7.11 Å². The van der Waals surface area contributed by atoms with Gasteiger partial charge in [0.25, 0.3) is 0 Å². The first-order valence-electron chi connectivity index (χ1n) is 6.46. The van der Waals surface area contributed by atoms with Crippen LogP contribution in [0.5, 0.6) is 5.75 Å². The molecule has 0 unspecified atom stereocenters. The minimum absolute atomic E-state index is 0.152. The summed E-state index contributed by atoms with van der Waals surface area (Å²) in [6, 6.07) is 6.06. The molecule has 1 aliphatic heterocycles. The Bertz CT molecular complexity index is 465. The van der Waals surface area contributed by atoms with Gasteiger partial charge in [-0.05, 0) is 46.5 Å². The highest BCUT2D eigenvalue weighted by Crippen LogP contribution is 2.26. The summed E-state index contributed by atoms with van der Waals surface area (Å²) >= 11 is 3.45. The Kier molecular flexibility index (Phi) is 4.82. The molecule has 1 aromatic rings. The number of methoxy groups -OCH3 is 1. The summed E-state index contributed by atoms with van der Waals surface area (Å²) in [6.07, 6.45) is 2.19. The highest BCUT2D eigenvalue weighted by molar-refractivity contribution is 9.10. The summed E-state index contributed by atoms with van der Waals surface area (Å²) in [4.78, 5) is 13.9. The molecular formula is C14H19BrN2O2. The number of rotatable bonds is 4. The summed E-state index contributed by atoms with van der Waals surface area (Å²) in [5, 5.41) is 0. The fraction of sp³-hybridized carbons (Fsp3) is 0.500. The molecular weight excluding hydrogens is 308 g/mol. The second kappa shape index (κ2) is 6.39. The fourth-order valence-electron chi connectivity index (χ4n) is 2.29. The first-order valence-corrected chi connectivity index (χ1v) is 7.25. The molecule has 0 saturated carbocycles. The molecule has 2 N–H and O–H groups in total. The van der Waals surface area contributed by atoms with Crippen LogP contribution in [0.15, 0.2) is 22.7 Å². The van der Waals surface area contributed by atoms with Crippen molar-refractivity contribution in [3.8, 4) is 5.75 Å². The van der Waals surface area contributed by atoms with Gasteiger partial charge in [-0.15, -0.1) is 0 Å². The number of ether oxygens (including phenoxy) is 1. The molecule has 19 heavy (non-hydrogen) atoms. The standard InChI is InChI=1S/C14H19BrN2O2/c1-19-13-4-2-10(8-12(13)15)3-5-14(18)17-7-6-11(16)9-17/h2,4,8,11H,3,5-7,9,16H2,1H3/t11-/m1/s1. The average Bonchev–Trinajstić information content (AvgIpc) is 2.83. The van der Waals surface area contributed by atoms with Crippen molar-refractivity contribution in [3.63, 3.8) is 0 Å². The van der Waals surface area contributed by atoms with E-state index in [9.17, 15) is 4.79 Å². The van der Waals surface area contributed by atoms with Crippen LogP contribution in [0.4, 0.5) is 0 Å². The van der Waals surface area contributed by atoms with Crippen LogP contribution in [0, 0.1) is 0 Å². The van der Waals surface area contributed by atoms with Crippen LogP contribution >= 0.6 is 15.9 Å². The maximum Gasteiger partial charge on any atom is 0.222 e. The van der Waals surface area contributed by atoms with Crippen LogP contribution in [0.25, 0.3) is 0 Å². The molecule has 0 bridgehead atoms. The lowest BCUT2D eigenvalue weighted by Gasteiger charge is -2.15. The summed E-state index contributed by atoms with van der Waals surface area (Å²) in [5.74, 6) is 1.00. The highest BCUT2D eigenvalue weighted by atomic mass is 79.9. The van der Waals surface area contributed by atoms with E-state index in [0.717, 1.165) is 35.2 Å². The van der Waals surface area contributed by atoms with Crippen molar-refractivity contribution in [3.05, 3.63) is 28.2 Å². The number of likely N-dealkylation sites (tertiary alicyclic amines) is 1. The van der Waals surface area contributed by atoms with Gasteiger partial charge in [0.2, 0.25) is 5.91 Å². The van der Waals surface area contributed by atoms with Gasteiger partial charge < -0.3 is 15.4 Å². The molecule has 5 heteroatoms. The van der Waals surface area contributed by atoms with Crippen LogP contribution < -0.4 is 10.5 Å². The number of nitrogens with two attached hydrogens (primary N) is 1. The molecule has 1 atom stereocenters. The second-order valence-corrected chi connectivity index (χ2v) is 5.71. The van der Waals surface area contributed by atoms with Gasteiger partial charge in [0.15, 0.2) is 0 Å². The van der Waals surface area contributed by atoms with E-state index >= 15 is 0 Å². The molecule has 4 nitrogen and oxygen atoms in total. The number of halogens is 1. The number of aryl methyl sites for hydroxylation is 1. The van der Waals surface area contributed by atoms with Gasteiger partial charge >= 0.3 is 0 Å². The van der Waals surface area contributed by atoms with Crippen LogP contribution in [0.2, 0.25) is 0 Å². The predicted octanol–water partition coefficient (Wildman–Crippen LogP) is 1.95. The normalized spacial score (nSPS) is 18.7. The van der Waals surface area contributed by atoms with Crippen molar-refractivity contribution in [1.82, 2.24) is 4.90 Å². The third kappa shape index (κ3) is 3.70. The number of hydrogen-bond acceptors (Lipinski definition) is 3. The molecule has 1 aromatic carbocycles. The Labute approximate surface area is 122 Å². The Morgan fingerprint density at radius 1 is 1.58 bits per heavy atom. The number of carbonyl (C=O) groups excluding carboxylic acids is 1. The van der Waals surface area contributed by atoms with Gasteiger partial charge in [0.1, 0.15) is 5.75 Å². The van der Waals surface area contributed by atoms with E-state index in [4.69, 9.17) is 10.5 Å². The molecule has 1 saturated heterocycles. The highest BCUT2D eigenvalue weighted by Gasteiger charge is 2.22. The number of benzene rings is 1. The molecule has 104 valence electrons. The molecule has 1 fully saturated rings. The van der Waals surface area contributed by atoms with Gasteiger partial charge in [-0.3, -0.25) is 4.79 Å². The Hall–Kier alpha value is -1.07. The predicted molar refractivity (Wildman–Crippen MR) is 78.2 cm³/mol. The summed E-state index contributed by atoms with van der Waals surface area (Å²) in [5.41, 5.74) is 6.94. The quantitative estimate of drug-likeness (QED) is 0.920. The second-order valence-electron chi connectivity index (χ2n) is 4.86. The molecule has 1 aliphatic rings. The van der Waals surface area contributed by atoms with E-state index in [0.29, 0.717) is 13.0 Å². The fourth-order valence-corrected chi connectivity index (χ4v) is 2.88. The van der Waals surface area contributed by atoms with E-state index < -0.39 is 0 Å². The number of amides is 1. The maximum absolute atomic E-state index is 12.0. The zero-order valence-corrected chi connectivity index (χ0v) is 12.6. The zero-order chi connectivity index (χ0) is 13.8. The molecule has 2 rings (SSSR count). The smallest absolute Gasteiger partial charge is 0.222 e. The Balaban J connectivity index is 1.88. The van der Waals surface area contributed by atoms with E-state index in [2.05, 4.69) is 15.9 Å². The van der Waals surface area contributed by atoms with Crippen molar-refractivity contribution >= 4 is 21.8 Å². The third-order valence-electron chi connectivity index (χ3n) is 3.42. The van der Waals surface area contributed by atoms with E-state index in [1.807, 2.05) is 23.1 Å². The summed E-state index contributed by atoms with van der Waals surface area (Å²) < 4.78 is 6.10. The third-order valence-corrected chi connectivity index (χ3v) is 4.04. The van der Waals surface area contributed by atoms with Gasteiger partial charge in [0.05, 0.1) is 11.6 Å². The van der Waals surface area contributed by atoms with Gasteiger partial charge in [-0.25, -0.2) is 0 Å². The lowest BCUT2D eigenvalue weighted by molar-refractivity contribution is -0.130. The van der Waals surface area contributed by atoms with E-state index in [-0.39, 0.29) is 11.9 Å². The van der Waals surface area contributed by atoms with Crippen LogP contribution in [-0.2, 0) is 11.2 Å². The molecule has 0 spiro atoms. The van der Waals surface area contributed by atoms with Crippen molar-refractivity contribution in [2.24, 2.45) is 5.73 Å². The summed E-state index contributed by atoms with van der Waals surface area (Å²) in [6.45, 7) is 1.50. The largest absolute Gasteiger partial charge is 0.496 e. The van der Waals surface area contributed by atoms with Gasteiger partial charge in [-0.1, -0.05) is 6.07 Å². The van der Waals surface area contributed by atoms with Gasteiger partial charge in [-0.2, -0.15) is 0 Å².